The van der Waals surface area contributed by atoms with E-state index in [0.29, 0.717) is 19.5 Å². The number of carboxylic acids is 1. The molecule has 6 heteroatoms. The SMILES string of the molecule is N[C@@H](CCC(=O)O)C(=O)N1CC[C@@H](O)C1. The summed E-state index contributed by atoms with van der Waals surface area (Å²) >= 11 is 0. The number of likely N-dealkylation sites (tertiary alicyclic amines) is 1. The van der Waals surface area contributed by atoms with E-state index in [2.05, 4.69) is 0 Å². The molecule has 0 aromatic carbocycles. The van der Waals surface area contributed by atoms with Gasteiger partial charge in [0.15, 0.2) is 0 Å². The molecule has 1 fully saturated rings. The summed E-state index contributed by atoms with van der Waals surface area (Å²) in [7, 11) is 0. The van der Waals surface area contributed by atoms with Crippen molar-refractivity contribution in [1.82, 2.24) is 4.90 Å². The Labute approximate surface area is 87.7 Å². The van der Waals surface area contributed by atoms with Gasteiger partial charge in [0.25, 0.3) is 0 Å². The van der Waals surface area contributed by atoms with Crippen LogP contribution in [0.1, 0.15) is 19.3 Å². The number of nitrogens with two attached hydrogens (primary N) is 1. The van der Waals surface area contributed by atoms with Crippen LogP contribution in [0.4, 0.5) is 0 Å². The summed E-state index contributed by atoms with van der Waals surface area (Å²) in [6, 6.07) is -0.772. The van der Waals surface area contributed by atoms with Gasteiger partial charge in [-0.05, 0) is 12.8 Å². The van der Waals surface area contributed by atoms with E-state index in [0.717, 1.165) is 0 Å². The fourth-order valence-electron chi connectivity index (χ4n) is 1.58. The predicted octanol–water partition coefficient (Wildman–Crippen LogP) is -1.23. The van der Waals surface area contributed by atoms with Crippen LogP contribution in [0.2, 0.25) is 0 Å². The van der Waals surface area contributed by atoms with Crippen molar-refractivity contribution in [2.75, 3.05) is 13.1 Å². The molecular weight excluding hydrogens is 200 g/mol. The lowest BCUT2D eigenvalue weighted by Gasteiger charge is -2.19. The molecule has 1 amide bonds. The second-order valence-electron chi connectivity index (χ2n) is 3.77. The number of rotatable bonds is 4. The zero-order valence-corrected chi connectivity index (χ0v) is 8.43. The normalized spacial score (nSPS) is 22.8. The first-order chi connectivity index (χ1) is 7.00. The largest absolute Gasteiger partial charge is 0.481 e. The second kappa shape index (κ2) is 5.09. The van der Waals surface area contributed by atoms with Crippen LogP contribution in [0.25, 0.3) is 0 Å². The summed E-state index contributed by atoms with van der Waals surface area (Å²) in [5.41, 5.74) is 5.55. The molecule has 0 aromatic heterocycles. The van der Waals surface area contributed by atoms with Gasteiger partial charge in [-0.3, -0.25) is 9.59 Å². The number of aliphatic hydroxyl groups is 1. The van der Waals surface area contributed by atoms with Crippen molar-refractivity contribution in [2.45, 2.75) is 31.4 Å². The third kappa shape index (κ3) is 3.49. The molecule has 4 N–H and O–H groups in total. The van der Waals surface area contributed by atoms with Gasteiger partial charge in [-0.2, -0.15) is 0 Å². The third-order valence-electron chi connectivity index (χ3n) is 2.46. The van der Waals surface area contributed by atoms with E-state index in [4.69, 9.17) is 10.8 Å². The highest BCUT2D eigenvalue weighted by molar-refractivity contribution is 5.82. The second-order valence-corrected chi connectivity index (χ2v) is 3.77. The van der Waals surface area contributed by atoms with E-state index >= 15 is 0 Å². The van der Waals surface area contributed by atoms with Crippen LogP contribution >= 0.6 is 0 Å². The maximum absolute atomic E-state index is 11.6. The van der Waals surface area contributed by atoms with Gasteiger partial charge in [-0.25, -0.2) is 0 Å². The van der Waals surface area contributed by atoms with Crippen molar-refractivity contribution in [2.24, 2.45) is 5.73 Å². The quantitative estimate of drug-likeness (QED) is 0.546. The Morgan fingerprint density at radius 2 is 2.20 bits per heavy atom. The molecule has 0 radical (unpaired) electrons. The lowest BCUT2D eigenvalue weighted by Crippen LogP contribution is -2.43. The van der Waals surface area contributed by atoms with Crippen LogP contribution < -0.4 is 5.73 Å². The number of carbonyl (C=O) groups is 2. The van der Waals surface area contributed by atoms with E-state index < -0.39 is 18.1 Å². The summed E-state index contributed by atoms with van der Waals surface area (Å²) in [6.45, 7) is 0.806. The van der Waals surface area contributed by atoms with Gasteiger partial charge in [-0.1, -0.05) is 0 Å². The molecule has 1 aliphatic rings. The molecule has 1 saturated heterocycles. The van der Waals surface area contributed by atoms with Gasteiger partial charge in [0.1, 0.15) is 0 Å². The monoisotopic (exact) mass is 216 g/mol. The molecule has 0 spiro atoms. The Balaban J connectivity index is 2.35. The Hall–Kier alpha value is -1.14. The van der Waals surface area contributed by atoms with Crippen molar-refractivity contribution in [3.63, 3.8) is 0 Å². The molecule has 0 aromatic rings. The van der Waals surface area contributed by atoms with Crippen LogP contribution in [-0.2, 0) is 9.59 Å². The highest BCUT2D eigenvalue weighted by Crippen LogP contribution is 2.11. The smallest absolute Gasteiger partial charge is 0.303 e. The average Bonchev–Trinajstić information content (AvgIpc) is 2.60. The molecule has 86 valence electrons. The third-order valence-corrected chi connectivity index (χ3v) is 2.46. The highest BCUT2D eigenvalue weighted by Gasteiger charge is 2.28. The first kappa shape index (κ1) is 11.9. The number of aliphatic hydroxyl groups excluding tert-OH is 1. The standard InChI is InChI=1S/C9H16N2O4/c10-7(1-2-8(13)14)9(15)11-4-3-6(12)5-11/h6-7,12H,1-5,10H2,(H,13,14)/t6-,7+/m1/s1. The fraction of sp³-hybridized carbons (Fsp3) is 0.778. The number of carboxylic acid groups (broad SMARTS) is 1. The average molecular weight is 216 g/mol. The van der Waals surface area contributed by atoms with Crippen molar-refractivity contribution in [1.29, 1.82) is 0 Å². The Kier molecular flexibility index (Phi) is 4.05. The molecule has 1 aliphatic heterocycles. The van der Waals surface area contributed by atoms with E-state index in [1.165, 1.54) is 4.90 Å². The summed E-state index contributed by atoms with van der Waals surface area (Å²) in [6.07, 6.45) is 0.127. The number of hydrogen-bond acceptors (Lipinski definition) is 4. The van der Waals surface area contributed by atoms with E-state index in [1.54, 1.807) is 0 Å². The van der Waals surface area contributed by atoms with Crippen LogP contribution in [0.5, 0.6) is 0 Å². The van der Waals surface area contributed by atoms with Crippen molar-refractivity contribution >= 4 is 11.9 Å². The lowest BCUT2D eigenvalue weighted by atomic mass is 10.1. The fourth-order valence-corrected chi connectivity index (χ4v) is 1.58. The molecule has 0 bridgehead atoms. The minimum Gasteiger partial charge on any atom is -0.481 e. The van der Waals surface area contributed by atoms with Crippen LogP contribution in [0, 0.1) is 0 Å². The van der Waals surface area contributed by atoms with Crippen LogP contribution in [-0.4, -0.2) is 52.2 Å². The summed E-state index contributed by atoms with van der Waals surface area (Å²) in [5, 5.41) is 17.7. The number of β-amino-alcohol motifs (C(OH)–C–C–N with tert-alkyl or cyclic N) is 1. The first-order valence-corrected chi connectivity index (χ1v) is 4.95. The van der Waals surface area contributed by atoms with Gasteiger partial charge in [0.2, 0.25) is 5.91 Å². The minimum absolute atomic E-state index is 0.108. The maximum Gasteiger partial charge on any atom is 0.303 e. The topological polar surface area (TPSA) is 104 Å². The molecule has 0 unspecified atom stereocenters. The molecular formula is C9H16N2O4. The van der Waals surface area contributed by atoms with Crippen LogP contribution in [0.3, 0.4) is 0 Å². The minimum atomic E-state index is -0.959. The van der Waals surface area contributed by atoms with Crippen molar-refractivity contribution in [3.8, 4) is 0 Å². The predicted molar refractivity (Wildman–Crippen MR) is 52.0 cm³/mol. The van der Waals surface area contributed by atoms with Gasteiger partial charge in [0.05, 0.1) is 12.1 Å². The van der Waals surface area contributed by atoms with Gasteiger partial charge < -0.3 is 20.8 Å². The number of amides is 1. The molecule has 0 aliphatic carbocycles. The Bertz CT molecular complexity index is 256. The summed E-state index contributed by atoms with van der Waals surface area (Å²) in [4.78, 5) is 23.4. The molecule has 0 saturated carbocycles. The van der Waals surface area contributed by atoms with Crippen molar-refractivity contribution < 1.29 is 19.8 Å². The number of hydrogen-bond donors (Lipinski definition) is 3. The van der Waals surface area contributed by atoms with E-state index in [-0.39, 0.29) is 18.7 Å². The molecule has 2 atom stereocenters. The van der Waals surface area contributed by atoms with Gasteiger partial charge in [0, 0.05) is 19.5 Å². The summed E-state index contributed by atoms with van der Waals surface area (Å²) in [5.74, 6) is -1.23. The number of nitrogens with zero attached hydrogens (tertiary/aromatic N) is 1. The number of aliphatic carboxylic acids is 1. The lowest BCUT2D eigenvalue weighted by molar-refractivity contribution is -0.137. The highest BCUT2D eigenvalue weighted by atomic mass is 16.4. The van der Waals surface area contributed by atoms with Crippen molar-refractivity contribution in [3.05, 3.63) is 0 Å². The Morgan fingerprint density at radius 1 is 1.53 bits per heavy atom. The molecule has 1 rings (SSSR count). The van der Waals surface area contributed by atoms with Gasteiger partial charge >= 0.3 is 5.97 Å². The van der Waals surface area contributed by atoms with E-state index in [9.17, 15) is 14.7 Å². The summed E-state index contributed by atoms with van der Waals surface area (Å²) < 4.78 is 0. The first-order valence-electron chi connectivity index (χ1n) is 4.95. The number of carbonyl (C=O) groups excluding carboxylic acids is 1. The molecule has 1 heterocycles. The zero-order valence-electron chi connectivity index (χ0n) is 8.43. The molecule has 15 heavy (non-hydrogen) atoms. The van der Waals surface area contributed by atoms with Gasteiger partial charge in [-0.15, -0.1) is 0 Å². The molecule has 6 nitrogen and oxygen atoms in total. The maximum atomic E-state index is 11.6. The zero-order chi connectivity index (χ0) is 11.4. The Morgan fingerprint density at radius 3 is 2.67 bits per heavy atom. The van der Waals surface area contributed by atoms with Crippen LogP contribution in [0.15, 0.2) is 0 Å². The van der Waals surface area contributed by atoms with E-state index in [1.807, 2.05) is 0 Å².